The van der Waals surface area contributed by atoms with Gasteiger partial charge >= 0.3 is 0 Å². The first-order chi connectivity index (χ1) is 19.6. The number of fused-ring (bicyclic) bond motifs is 4. The van der Waals surface area contributed by atoms with E-state index in [0.717, 1.165) is 93.5 Å². The Morgan fingerprint density at radius 1 is 0.900 bits per heavy atom. The lowest BCUT2D eigenvalue weighted by Crippen LogP contribution is -2.51. The van der Waals surface area contributed by atoms with E-state index in [2.05, 4.69) is 15.1 Å². The first kappa shape index (κ1) is 24.3. The highest BCUT2D eigenvalue weighted by Gasteiger charge is 2.41. The van der Waals surface area contributed by atoms with Gasteiger partial charge in [-0.05, 0) is 72.1 Å². The van der Waals surface area contributed by atoms with Gasteiger partial charge in [0.2, 0.25) is 5.95 Å². The fraction of sp³-hybridized carbons (Fsp3) is 0.438. The molecule has 40 heavy (non-hydrogen) atoms. The van der Waals surface area contributed by atoms with Crippen molar-refractivity contribution in [3.63, 3.8) is 0 Å². The minimum atomic E-state index is -0.365. The summed E-state index contributed by atoms with van der Waals surface area (Å²) in [6.45, 7) is 5.09. The first-order valence-electron chi connectivity index (χ1n) is 14.6. The molecule has 1 aromatic heterocycles. The molecule has 4 fully saturated rings. The summed E-state index contributed by atoms with van der Waals surface area (Å²) in [4.78, 5) is 14.7. The van der Waals surface area contributed by atoms with Gasteiger partial charge in [0.15, 0.2) is 5.82 Å². The summed E-state index contributed by atoms with van der Waals surface area (Å²) in [5.41, 5.74) is 1.69. The first-order valence-corrected chi connectivity index (χ1v) is 14.6. The standard InChI is InChI=1S/C32H34FN5O2/c33-28-25(27-16-23(39)15-20-3-1-2-4-24(20)27)7-8-26-29(28)35-31(37-12-9-32(19-37)10-13-40-14-11-32)36-30(26)38-17-21-5-6-22(18-38)34-21/h1-4,7-8,15-16,21-22,34,39H,5-6,9-14,17-19H2/t21-,22+. The molecule has 2 N–H and O–H groups in total. The Morgan fingerprint density at radius 3 is 2.52 bits per heavy atom. The molecule has 0 amide bonds. The van der Waals surface area contributed by atoms with Crippen LogP contribution in [0.3, 0.4) is 0 Å². The van der Waals surface area contributed by atoms with Crippen molar-refractivity contribution in [2.75, 3.05) is 49.2 Å². The van der Waals surface area contributed by atoms with E-state index in [1.165, 1.54) is 0 Å². The van der Waals surface area contributed by atoms with Crippen LogP contribution < -0.4 is 15.1 Å². The predicted octanol–water partition coefficient (Wildman–Crippen LogP) is 5.24. The molecular formula is C32H34FN5O2. The topological polar surface area (TPSA) is 73.8 Å². The minimum Gasteiger partial charge on any atom is -0.508 e. The number of nitrogens with zero attached hydrogens (tertiary/aromatic N) is 4. The molecule has 4 aliphatic rings. The lowest BCUT2D eigenvalue weighted by Gasteiger charge is -2.35. The number of phenolic OH excluding ortho intramolecular Hbond substituents is 1. The number of phenols is 1. The summed E-state index contributed by atoms with van der Waals surface area (Å²) in [6.07, 6.45) is 5.51. The lowest BCUT2D eigenvalue weighted by molar-refractivity contribution is 0.0254. The summed E-state index contributed by atoms with van der Waals surface area (Å²) in [7, 11) is 0. The number of hydrogen-bond donors (Lipinski definition) is 2. The molecule has 7 nitrogen and oxygen atoms in total. The van der Waals surface area contributed by atoms with E-state index in [-0.39, 0.29) is 17.0 Å². The predicted molar refractivity (Wildman–Crippen MR) is 156 cm³/mol. The van der Waals surface area contributed by atoms with Gasteiger partial charge in [-0.2, -0.15) is 4.98 Å². The number of ether oxygens (including phenoxy) is 1. The van der Waals surface area contributed by atoms with Crippen molar-refractivity contribution < 1.29 is 14.2 Å². The van der Waals surface area contributed by atoms with Crippen molar-refractivity contribution in [3.8, 4) is 16.9 Å². The van der Waals surface area contributed by atoms with Gasteiger partial charge in [0.1, 0.15) is 17.1 Å². The molecule has 8 heteroatoms. The zero-order valence-electron chi connectivity index (χ0n) is 22.6. The largest absolute Gasteiger partial charge is 0.508 e. The molecule has 0 unspecified atom stereocenters. The molecule has 5 heterocycles. The number of anilines is 2. The molecule has 4 aromatic rings. The highest BCUT2D eigenvalue weighted by atomic mass is 19.1. The van der Waals surface area contributed by atoms with Crippen LogP contribution in [-0.4, -0.2) is 66.6 Å². The van der Waals surface area contributed by atoms with Crippen molar-refractivity contribution in [1.29, 1.82) is 0 Å². The maximum Gasteiger partial charge on any atom is 0.228 e. The summed E-state index contributed by atoms with van der Waals surface area (Å²) in [6, 6.07) is 15.8. The molecule has 8 rings (SSSR count). The maximum absolute atomic E-state index is 16.7. The van der Waals surface area contributed by atoms with E-state index < -0.39 is 0 Å². The highest BCUT2D eigenvalue weighted by molar-refractivity contribution is 6.01. The third-order valence-corrected chi connectivity index (χ3v) is 9.70. The van der Waals surface area contributed by atoms with Crippen LogP contribution in [0.4, 0.5) is 16.2 Å². The molecule has 3 aromatic carbocycles. The number of benzene rings is 3. The van der Waals surface area contributed by atoms with Crippen LogP contribution in [0, 0.1) is 11.2 Å². The van der Waals surface area contributed by atoms with E-state index in [1.54, 1.807) is 12.1 Å². The van der Waals surface area contributed by atoms with Crippen LogP contribution in [0.1, 0.15) is 32.1 Å². The third kappa shape index (κ3) is 3.99. The van der Waals surface area contributed by atoms with E-state index in [0.29, 0.717) is 34.7 Å². The summed E-state index contributed by atoms with van der Waals surface area (Å²) in [5.74, 6) is 1.20. The van der Waals surface area contributed by atoms with Crippen molar-refractivity contribution in [2.24, 2.45) is 5.41 Å². The van der Waals surface area contributed by atoms with Gasteiger partial charge in [0, 0.05) is 62.4 Å². The monoisotopic (exact) mass is 539 g/mol. The molecular weight excluding hydrogens is 505 g/mol. The molecule has 4 saturated heterocycles. The summed E-state index contributed by atoms with van der Waals surface area (Å²) < 4.78 is 22.4. The molecule has 2 bridgehead atoms. The average Bonchev–Trinajstić information content (AvgIpc) is 3.54. The van der Waals surface area contributed by atoms with Crippen LogP contribution >= 0.6 is 0 Å². The quantitative estimate of drug-likeness (QED) is 0.369. The zero-order valence-corrected chi connectivity index (χ0v) is 22.6. The van der Waals surface area contributed by atoms with Crippen molar-refractivity contribution in [1.82, 2.24) is 15.3 Å². The Hall–Kier alpha value is -3.49. The lowest BCUT2D eigenvalue weighted by atomic mass is 9.80. The highest BCUT2D eigenvalue weighted by Crippen LogP contribution is 2.43. The minimum absolute atomic E-state index is 0.118. The summed E-state index contributed by atoms with van der Waals surface area (Å²) in [5, 5.41) is 16.7. The fourth-order valence-electron chi connectivity index (χ4n) is 7.53. The molecule has 4 aliphatic heterocycles. The second-order valence-electron chi connectivity index (χ2n) is 12.2. The molecule has 0 aliphatic carbocycles. The Kier molecular flexibility index (Phi) is 5.64. The van der Waals surface area contributed by atoms with Gasteiger partial charge in [-0.1, -0.05) is 30.3 Å². The van der Waals surface area contributed by atoms with Crippen LogP contribution in [0.25, 0.3) is 32.8 Å². The van der Waals surface area contributed by atoms with E-state index in [4.69, 9.17) is 14.7 Å². The molecule has 2 atom stereocenters. The van der Waals surface area contributed by atoms with Gasteiger partial charge < -0.3 is 25.0 Å². The Bertz CT molecular complexity index is 1610. The Balaban J connectivity index is 1.28. The van der Waals surface area contributed by atoms with Crippen LogP contribution in [0.5, 0.6) is 5.75 Å². The molecule has 0 radical (unpaired) electrons. The molecule has 1 spiro atoms. The number of piperazine rings is 1. The van der Waals surface area contributed by atoms with Crippen LogP contribution in [-0.2, 0) is 4.74 Å². The van der Waals surface area contributed by atoms with E-state index in [1.807, 2.05) is 36.4 Å². The van der Waals surface area contributed by atoms with Gasteiger partial charge in [0.05, 0.1) is 0 Å². The van der Waals surface area contributed by atoms with E-state index in [9.17, 15) is 5.11 Å². The number of halogens is 1. The van der Waals surface area contributed by atoms with Crippen molar-refractivity contribution >= 4 is 33.4 Å². The SMILES string of the molecule is Oc1cc(-c2ccc3c(N4C[C@H]5CC[C@@H](C4)N5)nc(N4CCC5(CCOCC5)C4)nc3c2F)c2ccccc2c1. The Morgan fingerprint density at radius 2 is 1.70 bits per heavy atom. The van der Waals surface area contributed by atoms with Gasteiger partial charge in [-0.15, -0.1) is 0 Å². The maximum atomic E-state index is 16.7. The van der Waals surface area contributed by atoms with Crippen LogP contribution in [0.2, 0.25) is 0 Å². The fourth-order valence-corrected chi connectivity index (χ4v) is 7.53. The second-order valence-corrected chi connectivity index (χ2v) is 12.2. The second kappa shape index (κ2) is 9.28. The number of hydrogen-bond acceptors (Lipinski definition) is 7. The van der Waals surface area contributed by atoms with Gasteiger partial charge in [0.25, 0.3) is 0 Å². The average molecular weight is 540 g/mol. The number of aromatic hydroxyl groups is 1. The van der Waals surface area contributed by atoms with Crippen molar-refractivity contribution in [2.45, 2.75) is 44.2 Å². The smallest absolute Gasteiger partial charge is 0.228 e. The molecule has 0 saturated carbocycles. The van der Waals surface area contributed by atoms with Gasteiger partial charge in [-0.3, -0.25) is 0 Å². The number of aromatic nitrogens is 2. The van der Waals surface area contributed by atoms with Crippen molar-refractivity contribution in [3.05, 3.63) is 54.3 Å². The van der Waals surface area contributed by atoms with E-state index >= 15 is 4.39 Å². The number of rotatable bonds is 3. The summed E-state index contributed by atoms with van der Waals surface area (Å²) >= 11 is 0. The zero-order chi connectivity index (χ0) is 26.8. The third-order valence-electron chi connectivity index (χ3n) is 9.70. The van der Waals surface area contributed by atoms with Gasteiger partial charge in [-0.25, -0.2) is 9.37 Å². The molecule has 206 valence electrons. The number of nitrogens with one attached hydrogen (secondary N) is 1. The normalized spacial score (nSPS) is 24.0. The van der Waals surface area contributed by atoms with Crippen LogP contribution in [0.15, 0.2) is 48.5 Å². The Labute approximate surface area is 233 Å².